The second-order valence-corrected chi connectivity index (χ2v) is 7.71. The molecule has 0 aliphatic carbocycles. The molecule has 3 aromatic carbocycles. The normalized spacial score (nSPS) is 14.5. The third-order valence-corrected chi connectivity index (χ3v) is 5.91. The van der Waals surface area contributed by atoms with Crippen molar-refractivity contribution in [2.45, 2.75) is 44.9 Å². The van der Waals surface area contributed by atoms with Crippen molar-refractivity contribution in [3.05, 3.63) is 108 Å². The largest absolute Gasteiger partial charge is 0.0622 e. The Labute approximate surface area is 158 Å². The molecule has 0 bridgehead atoms. The molecule has 0 aromatic heterocycles. The standard InChI is InChI=1S/C26H30/c1-22(21-24-15-8-4-9-16-24)26(2,25-18-10-5-11-19-25)20-12-17-23-13-6-3-7-14-23/h3-11,13-16,18-19,22H,12,17,20-21H2,1-2H3. The number of hydrogen-bond donors (Lipinski definition) is 0. The summed E-state index contributed by atoms with van der Waals surface area (Å²) in [7, 11) is 0. The first-order valence-corrected chi connectivity index (χ1v) is 9.82. The third kappa shape index (κ3) is 4.64. The molecule has 0 heterocycles. The Morgan fingerprint density at radius 2 is 1.19 bits per heavy atom. The second kappa shape index (κ2) is 8.85. The maximum atomic E-state index is 2.46. The summed E-state index contributed by atoms with van der Waals surface area (Å²) < 4.78 is 0. The second-order valence-electron chi connectivity index (χ2n) is 7.71. The molecule has 26 heavy (non-hydrogen) atoms. The van der Waals surface area contributed by atoms with Crippen LogP contribution in [0.4, 0.5) is 0 Å². The number of hydrogen-bond acceptors (Lipinski definition) is 0. The highest BCUT2D eigenvalue weighted by atomic mass is 14.4. The van der Waals surface area contributed by atoms with Crippen molar-refractivity contribution in [2.24, 2.45) is 5.92 Å². The van der Waals surface area contributed by atoms with Crippen LogP contribution in [0.5, 0.6) is 0 Å². The Morgan fingerprint density at radius 3 is 1.77 bits per heavy atom. The van der Waals surface area contributed by atoms with Crippen molar-refractivity contribution in [2.75, 3.05) is 0 Å². The predicted molar refractivity (Wildman–Crippen MR) is 112 cm³/mol. The third-order valence-electron chi connectivity index (χ3n) is 5.91. The molecule has 3 rings (SSSR count). The van der Waals surface area contributed by atoms with Gasteiger partial charge in [-0.05, 0) is 53.7 Å². The fraction of sp³-hybridized carbons (Fsp3) is 0.308. The molecule has 0 heteroatoms. The quantitative estimate of drug-likeness (QED) is 0.420. The zero-order valence-electron chi connectivity index (χ0n) is 16.1. The van der Waals surface area contributed by atoms with Crippen LogP contribution in [0.15, 0.2) is 91.0 Å². The maximum absolute atomic E-state index is 2.46. The summed E-state index contributed by atoms with van der Waals surface area (Å²) in [5.74, 6) is 0.586. The molecule has 2 unspecified atom stereocenters. The molecule has 134 valence electrons. The van der Waals surface area contributed by atoms with E-state index in [1.54, 1.807) is 0 Å². The highest BCUT2D eigenvalue weighted by Gasteiger charge is 2.32. The number of rotatable bonds is 8. The summed E-state index contributed by atoms with van der Waals surface area (Å²) in [6.45, 7) is 4.88. The van der Waals surface area contributed by atoms with Crippen LogP contribution < -0.4 is 0 Å². The van der Waals surface area contributed by atoms with Crippen molar-refractivity contribution >= 4 is 0 Å². The summed E-state index contributed by atoms with van der Waals surface area (Å²) in [6.07, 6.45) is 4.70. The Hall–Kier alpha value is -2.34. The SMILES string of the molecule is CC(Cc1ccccc1)C(C)(CCCc1ccccc1)c1ccccc1. The van der Waals surface area contributed by atoms with Gasteiger partial charge in [-0.2, -0.15) is 0 Å². The Balaban J connectivity index is 1.75. The van der Waals surface area contributed by atoms with E-state index in [1.165, 1.54) is 29.5 Å². The van der Waals surface area contributed by atoms with Gasteiger partial charge in [-0.3, -0.25) is 0 Å². The van der Waals surface area contributed by atoms with Crippen molar-refractivity contribution in [3.63, 3.8) is 0 Å². The average molecular weight is 343 g/mol. The van der Waals surface area contributed by atoms with E-state index in [1.807, 2.05) is 0 Å². The lowest BCUT2D eigenvalue weighted by Crippen LogP contribution is -2.32. The topological polar surface area (TPSA) is 0 Å². The van der Waals surface area contributed by atoms with Gasteiger partial charge in [0.1, 0.15) is 0 Å². The molecule has 0 saturated carbocycles. The van der Waals surface area contributed by atoms with Crippen molar-refractivity contribution in [3.8, 4) is 0 Å². The van der Waals surface area contributed by atoms with Crippen molar-refractivity contribution in [1.82, 2.24) is 0 Å². The Bertz CT molecular complexity index is 761. The molecule has 0 nitrogen and oxygen atoms in total. The van der Waals surface area contributed by atoms with Crippen molar-refractivity contribution in [1.29, 1.82) is 0 Å². The fourth-order valence-corrected chi connectivity index (χ4v) is 3.99. The molecule has 3 aromatic rings. The van der Waals surface area contributed by atoms with Gasteiger partial charge in [-0.25, -0.2) is 0 Å². The molecule has 0 spiro atoms. The number of benzene rings is 3. The van der Waals surface area contributed by atoms with Crippen molar-refractivity contribution < 1.29 is 0 Å². The first kappa shape index (κ1) is 18.5. The van der Waals surface area contributed by atoms with Gasteiger partial charge in [0.2, 0.25) is 0 Å². The molecular weight excluding hydrogens is 312 g/mol. The average Bonchev–Trinajstić information content (AvgIpc) is 2.70. The Morgan fingerprint density at radius 1 is 0.692 bits per heavy atom. The minimum Gasteiger partial charge on any atom is -0.0622 e. The lowest BCUT2D eigenvalue weighted by Gasteiger charge is -2.37. The maximum Gasteiger partial charge on any atom is -0.00464 e. The van der Waals surface area contributed by atoms with Gasteiger partial charge in [-0.15, -0.1) is 0 Å². The van der Waals surface area contributed by atoms with Gasteiger partial charge in [0, 0.05) is 0 Å². The van der Waals surface area contributed by atoms with Gasteiger partial charge in [-0.1, -0.05) is 105 Å². The summed E-state index contributed by atoms with van der Waals surface area (Å²) in [4.78, 5) is 0. The van der Waals surface area contributed by atoms with Crippen LogP contribution in [0, 0.1) is 5.92 Å². The van der Waals surface area contributed by atoms with E-state index in [4.69, 9.17) is 0 Å². The Kier molecular flexibility index (Phi) is 6.28. The van der Waals surface area contributed by atoms with E-state index in [9.17, 15) is 0 Å². The highest BCUT2D eigenvalue weighted by Crippen LogP contribution is 2.38. The molecule has 0 N–H and O–H groups in total. The van der Waals surface area contributed by atoms with E-state index in [0.717, 1.165) is 12.8 Å². The van der Waals surface area contributed by atoms with Gasteiger partial charge >= 0.3 is 0 Å². The zero-order chi connectivity index (χ0) is 18.2. The summed E-state index contributed by atoms with van der Waals surface area (Å²) in [5, 5.41) is 0. The van der Waals surface area contributed by atoms with Crippen LogP contribution in [0.2, 0.25) is 0 Å². The van der Waals surface area contributed by atoms with Crippen LogP contribution >= 0.6 is 0 Å². The molecule has 0 fully saturated rings. The summed E-state index contributed by atoms with van der Waals surface area (Å²) in [6, 6.07) is 32.9. The minimum absolute atomic E-state index is 0.186. The minimum atomic E-state index is 0.186. The zero-order valence-corrected chi connectivity index (χ0v) is 16.1. The van der Waals surface area contributed by atoms with E-state index in [-0.39, 0.29) is 5.41 Å². The highest BCUT2D eigenvalue weighted by molar-refractivity contribution is 5.27. The fourth-order valence-electron chi connectivity index (χ4n) is 3.99. The molecular formula is C26H30. The predicted octanol–water partition coefficient (Wildman–Crippen LogP) is 6.85. The van der Waals surface area contributed by atoms with E-state index in [0.29, 0.717) is 5.92 Å². The van der Waals surface area contributed by atoms with Crippen LogP contribution in [0.25, 0.3) is 0 Å². The molecule has 0 aliphatic rings. The summed E-state index contributed by atoms with van der Waals surface area (Å²) in [5.41, 5.74) is 4.53. The van der Waals surface area contributed by atoms with Crippen LogP contribution in [-0.2, 0) is 18.3 Å². The smallest absolute Gasteiger partial charge is 0.00464 e. The van der Waals surface area contributed by atoms with E-state index >= 15 is 0 Å². The molecule has 0 radical (unpaired) electrons. The van der Waals surface area contributed by atoms with Gasteiger partial charge < -0.3 is 0 Å². The molecule has 2 atom stereocenters. The molecule has 0 saturated heterocycles. The van der Waals surface area contributed by atoms with Crippen LogP contribution in [0.3, 0.4) is 0 Å². The van der Waals surface area contributed by atoms with Gasteiger partial charge in [0.15, 0.2) is 0 Å². The van der Waals surface area contributed by atoms with E-state index < -0.39 is 0 Å². The monoisotopic (exact) mass is 342 g/mol. The van der Waals surface area contributed by atoms with E-state index in [2.05, 4.69) is 105 Å². The van der Waals surface area contributed by atoms with Gasteiger partial charge in [0.05, 0.1) is 0 Å². The first-order valence-electron chi connectivity index (χ1n) is 9.82. The summed E-state index contributed by atoms with van der Waals surface area (Å²) >= 11 is 0. The van der Waals surface area contributed by atoms with Crippen LogP contribution in [-0.4, -0.2) is 0 Å². The first-order chi connectivity index (χ1) is 12.7. The molecule has 0 amide bonds. The number of aryl methyl sites for hydroxylation is 1. The lowest BCUT2D eigenvalue weighted by atomic mass is 9.67. The molecule has 0 aliphatic heterocycles. The van der Waals surface area contributed by atoms with Crippen LogP contribution in [0.1, 0.15) is 43.4 Å². The van der Waals surface area contributed by atoms with Gasteiger partial charge in [0.25, 0.3) is 0 Å². The lowest BCUT2D eigenvalue weighted by molar-refractivity contribution is 0.284.